The van der Waals surface area contributed by atoms with Gasteiger partial charge in [0.2, 0.25) is 0 Å². The largest absolute Gasteiger partial charge is 0.509 e. The Morgan fingerprint density at radius 3 is 2.40 bits per heavy atom. The number of halogens is 4. The molecule has 0 aliphatic carbocycles. The maximum Gasteiger partial charge on any atom is 0.416 e. The first-order valence-electron chi connectivity index (χ1n) is 7.38. The van der Waals surface area contributed by atoms with E-state index in [-0.39, 0.29) is 28.3 Å². The van der Waals surface area contributed by atoms with Crippen molar-refractivity contribution in [3.8, 4) is 0 Å². The maximum absolute atomic E-state index is 14.1. The summed E-state index contributed by atoms with van der Waals surface area (Å²) in [6, 6.07) is 9.19. The summed E-state index contributed by atoms with van der Waals surface area (Å²) >= 11 is 0. The molecule has 2 aromatic rings. The lowest BCUT2D eigenvalue weighted by Crippen LogP contribution is -2.25. The minimum absolute atomic E-state index is 0.0400. The van der Waals surface area contributed by atoms with Gasteiger partial charge in [0.05, 0.1) is 11.1 Å². The predicted molar refractivity (Wildman–Crippen MR) is 85.6 cm³/mol. The van der Waals surface area contributed by atoms with Gasteiger partial charge < -0.3 is 10.0 Å². The zero-order valence-corrected chi connectivity index (χ0v) is 13.1. The van der Waals surface area contributed by atoms with Crippen molar-refractivity contribution in [1.29, 1.82) is 5.41 Å². The molecule has 0 saturated heterocycles. The average Bonchev–Trinajstić information content (AvgIpc) is 2.77. The highest BCUT2D eigenvalue weighted by Crippen LogP contribution is 2.41. The van der Waals surface area contributed by atoms with Crippen LogP contribution in [0.5, 0.6) is 0 Å². The molecule has 0 amide bonds. The standard InChI is InChI=1S/C18H14F4N2O/c1-24-15(12-7-2-3-8-13(12)19)16(25)14(17(24)23)10-5-4-6-11(9-10)18(20,21)22/h2-9,15,23,25H,1H3. The van der Waals surface area contributed by atoms with Crippen molar-refractivity contribution in [1.82, 2.24) is 4.90 Å². The molecule has 0 spiro atoms. The summed E-state index contributed by atoms with van der Waals surface area (Å²) in [6.07, 6.45) is -4.54. The number of aliphatic hydroxyl groups excluding tert-OH is 1. The molecule has 0 bridgehead atoms. The summed E-state index contributed by atoms with van der Waals surface area (Å²) < 4.78 is 52.9. The number of nitrogens with one attached hydrogen (secondary N) is 1. The van der Waals surface area contributed by atoms with E-state index in [9.17, 15) is 22.7 Å². The number of hydrogen-bond acceptors (Lipinski definition) is 2. The summed E-state index contributed by atoms with van der Waals surface area (Å²) in [5.41, 5.74) is -0.714. The summed E-state index contributed by atoms with van der Waals surface area (Å²) in [5, 5.41) is 18.7. The second-order valence-corrected chi connectivity index (χ2v) is 5.72. The first-order chi connectivity index (χ1) is 11.7. The van der Waals surface area contributed by atoms with Crippen molar-refractivity contribution in [2.45, 2.75) is 12.2 Å². The zero-order chi connectivity index (χ0) is 18.4. The molecule has 25 heavy (non-hydrogen) atoms. The van der Waals surface area contributed by atoms with Crippen molar-refractivity contribution in [3.63, 3.8) is 0 Å². The third kappa shape index (κ3) is 2.86. The molecule has 1 atom stereocenters. The van der Waals surface area contributed by atoms with Crippen LogP contribution in [0.1, 0.15) is 22.7 Å². The van der Waals surface area contributed by atoms with E-state index < -0.39 is 23.6 Å². The molecular weight excluding hydrogens is 336 g/mol. The molecule has 1 unspecified atom stereocenters. The van der Waals surface area contributed by atoms with Crippen molar-refractivity contribution in [2.75, 3.05) is 7.05 Å². The van der Waals surface area contributed by atoms with Gasteiger partial charge in [-0.2, -0.15) is 13.2 Å². The molecule has 3 nitrogen and oxygen atoms in total. The first kappa shape index (κ1) is 17.0. The zero-order valence-electron chi connectivity index (χ0n) is 13.1. The maximum atomic E-state index is 14.1. The van der Waals surface area contributed by atoms with Crippen LogP contribution in [0.3, 0.4) is 0 Å². The Morgan fingerprint density at radius 2 is 1.76 bits per heavy atom. The SMILES string of the molecule is CN1C(=N)C(c2cccc(C(F)(F)F)c2)=C(O)C1c1ccccc1F. The second kappa shape index (κ2) is 5.91. The molecule has 2 N–H and O–H groups in total. The van der Waals surface area contributed by atoms with Crippen molar-refractivity contribution >= 4 is 11.4 Å². The van der Waals surface area contributed by atoms with Crippen LogP contribution >= 0.6 is 0 Å². The van der Waals surface area contributed by atoms with E-state index in [2.05, 4.69) is 0 Å². The van der Waals surface area contributed by atoms with Crippen LogP contribution in [0.4, 0.5) is 17.6 Å². The Hall–Kier alpha value is -2.83. The van der Waals surface area contributed by atoms with Crippen molar-refractivity contribution < 1.29 is 22.7 Å². The lowest BCUT2D eigenvalue weighted by atomic mass is 9.99. The van der Waals surface area contributed by atoms with E-state index >= 15 is 0 Å². The molecule has 1 heterocycles. The number of aliphatic hydroxyl groups is 1. The Kier molecular flexibility index (Phi) is 4.02. The summed E-state index contributed by atoms with van der Waals surface area (Å²) in [4.78, 5) is 1.32. The molecular formula is C18H14F4N2O. The van der Waals surface area contributed by atoms with Gasteiger partial charge in [-0.1, -0.05) is 30.3 Å². The monoisotopic (exact) mass is 350 g/mol. The van der Waals surface area contributed by atoms with Gasteiger partial charge in [-0.25, -0.2) is 4.39 Å². The van der Waals surface area contributed by atoms with E-state index in [0.29, 0.717) is 0 Å². The van der Waals surface area contributed by atoms with E-state index in [4.69, 9.17) is 5.41 Å². The second-order valence-electron chi connectivity index (χ2n) is 5.72. The molecule has 130 valence electrons. The van der Waals surface area contributed by atoms with Crippen LogP contribution in [0.15, 0.2) is 54.3 Å². The molecule has 1 aliphatic rings. The van der Waals surface area contributed by atoms with Gasteiger partial charge in [-0.05, 0) is 23.8 Å². The van der Waals surface area contributed by atoms with Gasteiger partial charge in [-0.3, -0.25) is 5.41 Å². The first-order valence-corrected chi connectivity index (χ1v) is 7.38. The number of amidine groups is 1. The molecule has 1 aliphatic heterocycles. The number of rotatable bonds is 2. The molecule has 0 fully saturated rings. The quantitative estimate of drug-likeness (QED) is 0.766. The molecule has 0 aromatic heterocycles. The van der Waals surface area contributed by atoms with Gasteiger partial charge in [0, 0.05) is 12.6 Å². The summed E-state index contributed by atoms with van der Waals surface area (Å²) in [7, 11) is 1.48. The predicted octanol–water partition coefficient (Wildman–Crippen LogP) is 4.78. The third-order valence-corrected chi connectivity index (χ3v) is 4.17. The minimum atomic E-state index is -4.54. The molecule has 7 heteroatoms. The highest BCUT2D eigenvalue weighted by atomic mass is 19.4. The minimum Gasteiger partial charge on any atom is -0.509 e. The number of hydrogen-bond donors (Lipinski definition) is 2. The smallest absolute Gasteiger partial charge is 0.416 e. The normalized spacial score (nSPS) is 18.2. The topological polar surface area (TPSA) is 47.3 Å². The lowest BCUT2D eigenvalue weighted by Gasteiger charge is -2.22. The highest BCUT2D eigenvalue weighted by Gasteiger charge is 2.38. The Labute approximate surface area is 141 Å². The van der Waals surface area contributed by atoms with Gasteiger partial charge in [-0.15, -0.1) is 0 Å². The molecule has 3 rings (SSSR count). The fraction of sp³-hybridized carbons (Fsp3) is 0.167. The van der Waals surface area contributed by atoms with Crippen LogP contribution in [0.25, 0.3) is 5.57 Å². The van der Waals surface area contributed by atoms with Crippen LogP contribution in [-0.4, -0.2) is 22.9 Å². The fourth-order valence-corrected chi connectivity index (χ4v) is 2.94. The lowest BCUT2D eigenvalue weighted by molar-refractivity contribution is -0.137. The van der Waals surface area contributed by atoms with Crippen LogP contribution < -0.4 is 0 Å². The number of benzene rings is 2. The Bertz CT molecular complexity index is 873. The van der Waals surface area contributed by atoms with Crippen molar-refractivity contribution in [2.24, 2.45) is 0 Å². The summed E-state index contributed by atoms with van der Waals surface area (Å²) in [5.74, 6) is -1.09. The number of likely N-dealkylation sites (N-methyl/N-ethyl adjacent to an activating group) is 1. The number of nitrogens with zero attached hydrogens (tertiary/aromatic N) is 1. The van der Waals surface area contributed by atoms with Gasteiger partial charge in [0.25, 0.3) is 0 Å². The third-order valence-electron chi connectivity index (χ3n) is 4.17. The Balaban J connectivity index is 2.13. The van der Waals surface area contributed by atoms with Crippen LogP contribution in [0, 0.1) is 11.2 Å². The van der Waals surface area contributed by atoms with E-state index in [1.807, 2.05) is 0 Å². The fourth-order valence-electron chi connectivity index (χ4n) is 2.94. The van der Waals surface area contributed by atoms with Gasteiger partial charge >= 0.3 is 6.18 Å². The van der Waals surface area contributed by atoms with E-state index in [1.165, 1.54) is 42.3 Å². The molecule has 0 radical (unpaired) electrons. The van der Waals surface area contributed by atoms with Crippen LogP contribution in [-0.2, 0) is 6.18 Å². The van der Waals surface area contributed by atoms with Crippen LogP contribution in [0.2, 0.25) is 0 Å². The molecule has 0 saturated carbocycles. The van der Waals surface area contributed by atoms with Gasteiger partial charge in [0.15, 0.2) is 0 Å². The van der Waals surface area contributed by atoms with E-state index in [1.54, 1.807) is 6.07 Å². The van der Waals surface area contributed by atoms with E-state index in [0.717, 1.165) is 12.1 Å². The average molecular weight is 350 g/mol. The highest BCUT2D eigenvalue weighted by molar-refractivity contribution is 6.24. The molecule has 2 aromatic carbocycles. The number of alkyl halides is 3. The summed E-state index contributed by atoms with van der Waals surface area (Å²) in [6.45, 7) is 0. The van der Waals surface area contributed by atoms with Gasteiger partial charge in [0.1, 0.15) is 23.5 Å². The van der Waals surface area contributed by atoms with Crippen molar-refractivity contribution in [3.05, 3.63) is 76.8 Å². The Morgan fingerprint density at radius 1 is 1.08 bits per heavy atom.